The lowest BCUT2D eigenvalue weighted by molar-refractivity contribution is 0.0479. The topological polar surface area (TPSA) is 52.3 Å². The van der Waals surface area contributed by atoms with Crippen molar-refractivity contribution in [2.75, 3.05) is 6.61 Å². The minimum absolute atomic E-state index is 0.0118. The molecule has 88 valence electrons. The van der Waals surface area contributed by atoms with E-state index >= 15 is 0 Å². The Kier molecular flexibility index (Phi) is 3.55. The van der Waals surface area contributed by atoms with Gasteiger partial charge in [0.15, 0.2) is 0 Å². The van der Waals surface area contributed by atoms with Crippen LogP contribution < -0.4 is 0 Å². The molecule has 2 rings (SSSR count). The average molecular weight is 231 g/mol. The fraction of sp³-hybridized carbons (Fsp3) is 0.231. The van der Waals surface area contributed by atoms with E-state index in [9.17, 15) is 4.79 Å². The lowest BCUT2D eigenvalue weighted by Crippen LogP contribution is -2.04. The van der Waals surface area contributed by atoms with E-state index in [1.165, 1.54) is 0 Å². The van der Waals surface area contributed by atoms with Crippen molar-refractivity contribution in [3.8, 4) is 0 Å². The highest BCUT2D eigenvalue weighted by atomic mass is 16.5. The second-order valence-corrected chi connectivity index (χ2v) is 3.51. The molecule has 17 heavy (non-hydrogen) atoms. The summed E-state index contributed by atoms with van der Waals surface area (Å²) in [5.41, 5.74) is 1.11. The Labute approximate surface area is 99.2 Å². The van der Waals surface area contributed by atoms with E-state index in [1.807, 2.05) is 30.3 Å². The second kappa shape index (κ2) is 5.30. The quantitative estimate of drug-likeness (QED) is 0.758. The summed E-state index contributed by atoms with van der Waals surface area (Å²) in [4.78, 5) is 15.2. The number of rotatable bonds is 4. The molecule has 0 unspecified atom stereocenters. The first-order valence-electron chi connectivity index (χ1n) is 5.45. The van der Waals surface area contributed by atoms with Crippen LogP contribution in [0, 0.1) is 0 Å². The van der Waals surface area contributed by atoms with Crippen molar-refractivity contribution in [2.45, 2.75) is 13.3 Å². The number of oxazole rings is 1. The SMILES string of the molecule is CCOC(=O)c1ncc(Cc2ccccc2)o1. The minimum Gasteiger partial charge on any atom is -0.459 e. The highest BCUT2D eigenvalue weighted by Gasteiger charge is 2.14. The van der Waals surface area contributed by atoms with Gasteiger partial charge in [-0.3, -0.25) is 0 Å². The monoisotopic (exact) mass is 231 g/mol. The van der Waals surface area contributed by atoms with Crippen LogP contribution in [0.3, 0.4) is 0 Å². The molecule has 0 aliphatic heterocycles. The highest BCUT2D eigenvalue weighted by molar-refractivity contribution is 5.84. The molecule has 0 saturated heterocycles. The molecule has 0 aliphatic carbocycles. The highest BCUT2D eigenvalue weighted by Crippen LogP contribution is 2.11. The van der Waals surface area contributed by atoms with Crippen molar-refractivity contribution in [2.24, 2.45) is 0 Å². The normalized spacial score (nSPS) is 10.2. The molecule has 1 aromatic carbocycles. The molecule has 0 fully saturated rings. The van der Waals surface area contributed by atoms with Gasteiger partial charge in [0.05, 0.1) is 12.8 Å². The van der Waals surface area contributed by atoms with Gasteiger partial charge in [-0.15, -0.1) is 0 Å². The van der Waals surface area contributed by atoms with Gasteiger partial charge in [0.1, 0.15) is 5.76 Å². The summed E-state index contributed by atoms with van der Waals surface area (Å²) < 4.78 is 10.1. The molecule has 4 heteroatoms. The summed E-state index contributed by atoms with van der Waals surface area (Å²) in [6.07, 6.45) is 2.17. The number of hydrogen-bond donors (Lipinski definition) is 0. The molecular formula is C13H13NO3. The maximum atomic E-state index is 11.3. The zero-order chi connectivity index (χ0) is 12.1. The zero-order valence-electron chi connectivity index (χ0n) is 9.55. The first kappa shape index (κ1) is 11.4. The summed E-state index contributed by atoms with van der Waals surface area (Å²) in [7, 11) is 0. The number of nitrogens with zero attached hydrogens (tertiary/aromatic N) is 1. The number of carbonyl (C=O) groups excluding carboxylic acids is 1. The maximum Gasteiger partial charge on any atom is 0.394 e. The Hall–Kier alpha value is -2.10. The van der Waals surface area contributed by atoms with Crippen LogP contribution >= 0.6 is 0 Å². The van der Waals surface area contributed by atoms with Gasteiger partial charge in [0.2, 0.25) is 0 Å². The Bertz CT molecular complexity index is 490. The number of benzene rings is 1. The first-order chi connectivity index (χ1) is 8.29. The van der Waals surface area contributed by atoms with Crippen molar-refractivity contribution < 1.29 is 13.9 Å². The number of hydrogen-bond acceptors (Lipinski definition) is 4. The molecule has 0 saturated carbocycles. The Morgan fingerprint density at radius 1 is 1.35 bits per heavy atom. The smallest absolute Gasteiger partial charge is 0.394 e. The molecule has 1 heterocycles. The molecule has 2 aromatic rings. The third-order valence-corrected chi connectivity index (χ3v) is 2.22. The van der Waals surface area contributed by atoms with Crippen molar-refractivity contribution in [3.63, 3.8) is 0 Å². The van der Waals surface area contributed by atoms with Gasteiger partial charge < -0.3 is 9.15 Å². The summed E-state index contributed by atoms with van der Waals surface area (Å²) in [6.45, 7) is 2.06. The van der Waals surface area contributed by atoms with Crippen molar-refractivity contribution in [1.29, 1.82) is 0 Å². The van der Waals surface area contributed by atoms with Crippen LogP contribution in [-0.2, 0) is 11.2 Å². The van der Waals surface area contributed by atoms with Crippen LogP contribution in [0.2, 0.25) is 0 Å². The Morgan fingerprint density at radius 2 is 2.12 bits per heavy atom. The summed E-state index contributed by atoms with van der Waals surface area (Å²) in [5, 5.41) is 0. The number of aromatic nitrogens is 1. The maximum absolute atomic E-state index is 11.3. The Morgan fingerprint density at radius 3 is 2.82 bits per heavy atom. The van der Waals surface area contributed by atoms with Gasteiger partial charge in [0, 0.05) is 6.42 Å². The van der Waals surface area contributed by atoms with Gasteiger partial charge in [-0.2, -0.15) is 0 Å². The summed E-state index contributed by atoms with van der Waals surface area (Å²) in [5.74, 6) is 0.142. The van der Waals surface area contributed by atoms with E-state index in [0.29, 0.717) is 18.8 Å². The molecule has 0 aliphatic rings. The first-order valence-corrected chi connectivity index (χ1v) is 5.45. The second-order valence-electron chi connectivity index (χ2n) is 3.51. The van der Waals surface area contributed by atoms with Crippen molar-refractivity contribution in [1.82, 2.24) is 4.98 Å². The molecule has 0 bridgehead atoms. The lowest BCUT2D eigenvalue weighted by atomic mass is 10.1. The van der Waals surface area contributed by atoms with E-state index in [2.05, 4.69) is 4.98 Å². The molecule has 0 amide bonds. The zero-order valence-corrected chi connectivity index (χ0v) is 9.55. The van der Waals surface area contributed by atoms with Crippen LogP contribution in [0.15, 0.2) is 40.9 Å². The fourth-order valence-corrected chi connectivity index (χ4v) is 1.47. The molecule has 0 N–H and O–H groups in total. The lowest BCUT2D eigenvalue weighted by Gasteiger charge is -1.97. The van der Waals surface area contributed by atoms with Crippen LogP contribution in [-0.4, -0.2) is 17.6 Å². The molecule has 0 spiro atoms. The van der Waals surface area contributed by atoms with Crippen LogP contribution in [0.1, 0.15) is 28.9 Å². The van der Waals surface area contributed by atoms with Crippen LogP contribution in [0.5, 0.6) is 0 Å². The van der Waals surface area contributed by atoms with Gasteiger partial charge in [0.25, 0.3) is 0 Å². The molecule has 0 radical (unpaired) electrons. The third kappa shape index (κ3) is 2.93. The molecule has 0 atom stereocenters. The van der Waals surface area contributed by atoms with E-state index in [0.717, 1.165) is 5.56 Å². The number of esters is 1. The van der Waals surface area contributed by atoms with Crippen molar-refractivity contribution >= 4 is 5.97 Å². The van der Waals surface area contributed by atoms with Crippen LogP contribution in [0.25, 0.3) is 0 Å². The average Bonchev–Trinajstić information content (AvgIpc) is 2.79. The van der Waals surface area contributed by atoms with Gasteiger partial charge in [-0.05, 0) is 12.5 Å². The molecule has 1 aromatic heterocycles. The summed E-state index contributed by atoms with van der Waals surface area (Å²) >= 11 is 0. The largest absolute Gasteiger partial charge is 0.459 e. The van der Waals surface area contributed by atoms with Crippen molar-refractivity contribution in [3.05, 3.63) is 53.7 Å². The van der Waals surface area contributed by atoms with E-state index < -0.39 is 5.97 Å². The van der Waals surface area contributed by atoms with E-state index in [1.54, 1.807) is 13.1 Å². The third-order valence-electron chi connectivity index (χ3n) is 2.22. The summed E-state index contributed by atoms with van der Waals surface area (Å²) in [6, 6.07) is 9.85. The fourth-order valence-electron chi connectivity index (χ4n) is 1.47. The minimum atomic E-state index is -0.521. The molecule has 4 nitrogen and oxygen atoms in total. The number of ether oxygens (including phenoxy) is 1. The van der Waals surface area contributed by atoms with E-state index in [4.69, 9.17) is 9.15 Å². The predicted octanol–water partition coefficient (Wildman–Crippen LogP) is 2.44. The Balaban J connectivity index is 2.06. The van der Waals surface area contributed by atoms with Gasteiger partial charge >= 0.3 is 11.9 Å². The van der Waals surface area contributed by atoms with E-state index in [-0.39, 0.29) is 5.89 Å². The van der Waals surface area contributed by atoms with Gasteiger partial charge in [-0.1, -0.05) is 30.3 Å². The standard InChI is InChI=1S/C13H13NO3/c1-2-16-13(15)12-14-9-11(17-12)8-10-6-4-3-5-7-10/h3-7,9H,2,8H2,1H3. The predicted molar refractivity (Wildman–Crippen MR) is 61.7 cm³/mol. The van der Waals surface area contributed by atoms with Crippen LogP contribution in [0.4, 0.5) is 0 Å². The molecular weight excluding hydrogens is 218 g/mol. The number of carbonyl (C=O) groups is 1. The van der Waals surface area contributed by atoms with Gasteiger partial charge in [-0.25, -0.2) is 9.78 Å².